The molecule has 2 heterocycles. The van der Waals surface area contributed by atoms with Crippen LogP contribution in [-0.4, -0.2) is 10.1 Å². The molecule has 3 rings (SSSR count). The second kappa shape index (κ2) is 4.82. The van der Waals surface area contributed by atoms with Gasteiger partial charge in [0.25, 0.3) is 0 Å². The van der Waals surface area contributed by atoms with Gasteiger partial charge in [-0.1, -0.05) is 30.8 Å². The summed E-state index contributed by atoms with van der Waals surface area (Å²) in [7, 11) is 0. The maximum absolute atomic E-state index is 6.45. The lowest BCUT2D eigenvalue weighted by Crippen LogP contribution is -2.36. The van der Waals surface area contributed by atoms with Crippen LogP contribution >= 0.6 is 11.3 Å². The molecule has 1 saturated carbocycles. The molecule has 1 fully saturated rings. The van der Waals surface area contributed by atoms with Crippen molar-refractivity contribution >= 4 is 11.3 Å². The van der Waals surface area contributed by atoms with Crippen LogP contribution in [0.4, 0.5) is 0 Å². The van der Waals surface area contributed by atoms with Crippen molar-refractivity contribution in [1.82, 2.24) is 10.1 Å². The van der Waals surface area contributed by atoms with E-state index in [9.17, 15) is 0 Å². The average Bonchev–Trinajstić information content (AvgIpc) is 3.00. The fourth-order valence-electron chi connectivity index (χ4n) is 2.51. The van der Waals surface area contributed by atoms with Crippen LogP contribution in [0.3, 0.4) is 0 Å². The third-order valence-corrected chi connectivity index (χ3v) is 4.31. The Morgan fingerprint density at radius 3 is 2.67 bits per heavy atom. The minimum atomic E-state index is -0.419. The summed E-state index contributed by atoms with van der Waals surface area (Å²) in [4.78, 5) is 4.49. The molecular weight excluding hydrogens is 246 g/mol. The van der Waals surface area contributed by atoms with Gasteiger partial charge in [-0.2, -0.15) is 16.3 Å². The van der Waals surface area contributed by atoms with Crippen molar-refractivity contribution in [2.45, 2.75) is 44.1 Å². The first kappa shape index (κ1) is 11.9. The summed E-state index contributed by atoms with van der Waals surface area (Å²) >= 11 is 1.63. The van der Waals surface area contributed by atoms with Crippen LogP contribution in [0.1, 0.15) is 44.4 Å². The number of hydrogen-bond donors (Lipinski definition) is 1. The third-order valence-electron chi connectivity index (χ3n) is 3.63. The van der Waals surface area contributed by atoms with Gasteiger partial charge in [0.05, 0.1) is 5.54 Å². The molecular formula is C13H17N3OS. The van der Waals surface area contributed by atoms with Crippen molar-refractivity contribution in [3.05, 3.63) is 22.7 Å². The summed E-state index contributed by atoms with van der Waals surface area (Å²) in [6, 6.07) is 2.00. The van der Waals surface area contributed by atoms with E-state index in [2.05, 4.69) is 10.1 Å². The molecule has 18 heavy (non-hydrogen) atoms. The fourth-order valence-corrected chi connectivity index (χ4v) is 3.14. The molecule has 5 heteroatoms. The second-order valence-corrected chi connectivity index (χ2v) is 5.79. The highest BCUT2D eigenvalue weighted by atomic mass is 32.1. The minimum absolute atomic E-state index is 0.419. The lowest BCUT2D eigenvalue weighted by molar-refractivity contribution is 0.257. The minimum Gasteiger partial charge on any atom is -0.337 e. The molecule has 2 aromatic heterocycles. The number of aromatic nitrogens is 2. The van der Waals surface area contributed by atoms with Crippen LogP contribution in [0.5, 0.6) is 0 Å². The Hall–Kier alpha value is -1.20. The summed E-state index contributed by atoms with van der Waals surface area (Å²) in [5.74, 6) is 1.26. The van der Waals surface area contributed by atoms with Crippen molar-refractivity contribution in [2.75, 3.05) is 0 Å². The van der Waals surface area contributed by atoms with Gasteiger partial charge in [0.15, 0.2) is 0 Å². The molecule has 96 valence electrons. The zero-order valence-electron chi connectivity index (χ0n) is 10.3. The Balaban J connectivity index is 1.88. The number of nitrogens with two attached hydrogens (primary N) is 1. The Morgan fingerprint density at radius 1 is 1.22 bits per heavy atom. The van der Waals surface area contributed by atoms with Gasteiger partial charge in [-0.15, -0.1) is 0 Å². The number of nitrogens with zero attached hydrogens (tertiary/aromatic N) is 2. The normalized spacial score (nSPS) is 19.6. The van der Waals surface area contributed by atoms with E-state index in [0.29, 0.717) is 11.7 Å². The first-order chi connectivity index (χ1) is 8.78. The molecule has 4 nitrogen and oxygen atoms in total. The molecule has 1 aliphatic rings. The number of rotatable bonds is 2. The van der Waals surface area contributed by atoms with Gasteiger partial charge >= 0.3 is 0 Å². The molecule has 0 aliphatic heterocycles. The van der Waals surface area contributed by atoms with E-state index in [1.54, 1.807) is 11.3 Å². The van der Waals surface area contributed by atoms with Gasteiger partial charge in [-0.3, -0.25) is 0 Å². The molecule has 0 spiro atoms. The molecule has 2 aromatic rings. The molecule has 0 aromatic carbocycles. The Kier molecular flexibility index (Phi) is 3.18. The van der Waals surface area contributed by atoms with Crippen LogP contribution in [-0.2, 0) is 5.54 Å². The average molecular weight is 263 g/mol. The van der Waals surface area contributed by atoms with Crippen LogP contribution < -0.4 is 5.73 Å². The standard InChI is InChI=1S/C13H17N3OS/c14-13(6-3-1-2-4-7-13)12-15-11(16-17-12)10-5-8-18-9-10/h5,8-9H,1-4,6-7,14H2. The van der Waals surface area contributed by atoms with E-state index in [0.717, 1.165) is 31.2 Å². The van der Waals surface area contributed by atoms with E-state index in [1.807, 2.05) is 16.8 Å². The number of hydrogen-bond acceptors (Lipinski definition) is 5. The Morgan fingerprint density at radius 2 is 2.00 bits per heavy atom. The summed E-state index contributed by atoms with van der Waals surface area (Å²) in [6.45, 7) is 0. The van der Waals surface area contributed by atoms with Gasteiger partial charge in [0.2, 0.25) is 11.7 Å². The molecule has 2 N–H and O–H groups in total. The molecule has 0 amide bonds. The fraction of sp³-hybridized carbons (Fsp3) is 0.538. The van der Waals surface area contributed by atoms with Gasteiger partial charge in [-0.25, -0.2) is 0 Å². The summed E-state index contributed by atoms with van der Waals surface area (Å²) < 4.78 is 5.40. The van der Waals surface area contributed by atoms with Gasteiger partial charge < -0.3 is 10.3 Å². The summed E-state index contributed by atoms with van der Waals surface area (Å²) in [5, 5.41) is 8.08. The maximum Gasteiger partial charge on any atom is 0.247 e. The maximum atomic E-state index is 6.45. The highest BCUT2D eigenvalue weighted by Crippen LogP contribution is 2.33. The number of thiophene rings is 1. The molecule has 0 atom stereocenters. The lowest BCUT2D eigenvalue weighted by Gasteiger charge is -2.22. The topological polar surface area (TPSA) is 64.9 Å². The quantitative estimate of drug-likeness (QED) is 0.844. The predicted molar refractivity (Wildman–Crippen MR) is 71.2 cm³/mol. The van der Waals surface area contributed by atoms with E-state index in [4.69, 9.17) is 10.3 Å². The van der Waals surface area contributed by atoms with Crippen LogP contribution in [0.25, 0.3) is 11.4 Å². The van der Waals surface area contributed by atoms with E-state index < -0.39 is 5.54 Å². The van der Waals surface area contributed by atoms with E-state index >= 15 is 0 Å². The Bertz CT molecular complexity index is 498. The van der Waals surface area contributed by atoms with Gasteiger partial charge in [-0.05, 0) is 24.3 Å². The van der Waals surface area contributed by atoms with Gasteiger partial charge in [0, 0.05) is 10.9 Å². The molecule has 0 unspecified atom stereocenters. The zero-order chi connectivity index (χ0) is 12.4. The Labute approximate surface area is 110 Å². The SMILES string of the molecule is NC1(c2nc(-c3ccsc3)no2)CCCCCC1. The van der Waals surface area contributed by atoms with E-state index in [-0.39, 0.29) is 0 Å². The highest BCUT2D eigenvalue weighted by Gasteiger charge is 2.34. The summed E-state index contributed by atoms with van der Waals surface area (Å²) in [6.07, 6.45) is 6.69. The molecule has 0 saturated heterocycles. The van der Waals surface area contributed by atoms with Crippen LogP contribution in [0, 0.1) is 0 Å². The lowest BCUT2D eigenvalue weighted by atomic mass is 9.91. The van der Waals surface area contributed by atoms with Crippen molar-refractivity contribution in [2.24, 2.45) is 5.73 Å². The van der Waals surface area contributed by atoms with Crippen LogP contribution in [0.15, 0.2) is 21.3 Å². The smallest absolute Gasteiger partial charge is 0.247 e. The molecule has 0 bridgehead atoms. The molecule has 1 aliphatic carbocycles. The predicted octanol–water partition coefficient (Wildman–Crippen LogP) is 3.31. The van der Waals surface area contributed by atoms with Crippen molar-refractivity contribution < 1.29 is 4.52 Å². The van der Waals surface area contributed by atoms with Crippen molar-refractivity contribution in [3.63, 3.8) is 0 Å². The first-order valence-electron chi connectivity index (χ1n) is 6.44. The largest absolute Gasteiger partial charge is 0.337 e. The highest BCUT2D eigenvalue weighted by molar-refractivity contribution is 7.08. The van der Waals surface area contributed by atoms with Gasteiger partial charge in [0.1, 0.15) is 0 Å². The van der Waals surface area contributed by atoms with Crippen molar-refractivity contribution in [1.29, 1.82) is 0 Å². The van der Waals surface area contributed by atoms with Crippen LogP contribution in [0.2, 0.25) is 0 Å². The monoisotopic (exact) mass is 263 g/mol. The summed E-state index contributed by atoms with van der Waals surface area (Å²) in [5.41, 5.74) is 7.04. The second-order valence-electron chi connectivity index (χ2n) is 5.01. The third kappa shape index (κ3) is 2.20. The zero-order valence-corrected chi connectivity index (χ0v) is 11.1. The first-order valence-corrected chi connectivity index (χ1v) is 7.38. The van der Waals surface area contributed by atoms with E-state index in [1.165, 1.54) is 12.8 Å². The molecule has 0 radical (unpaired) electrons. The van der Waals surface area contributed by atoms with Crippen molar-refractivity contribution in [3.8, 4) is 11.4 Å².